The zero-order valence-electron chi connectivity index (χ0n) is 14.8. The molecule has 0 spiro atoms. The highest BCUT2D eigenvalue weighted by Gasteiger charge is 2.26. The smallest absolute Gasteiger partial charge is 0.259 e. The van der Waals surface area contributed by atoms with Gasteiger partial charge in [0.05, 0.1) is 0 Å². The van der Waals surface area contributed by atoms with Gasteiger partial charge in [0.15, 0.2) is 11.5 Å². The maximum Gasteiger partial charge on any atom is 0.259 e. The highest BCUT2D eigenvalue weighted by Crippen LogP contribution is 2.31. The lowest BCUT2D eigenvalue weighted by molar-refractivity contribution is 0.0619. The van der Waals surface area contributed by atoms with Crippen LogP contribution in [0.2, 0.25) is 0 Å². The van der Waals surface area contributed by atoms with Crippen molar-refractivity contribution in [3.8, 4) is 11.5 Å². The molecule has 0 aliphatic carbocycles. The first kappa shape index (κ1) is 17.7. The summed E-state index contributed by atoms with van der Waals surface area (Å²) in [6.45, 7) is 3.95. The van der Waals surface area contributed by atoms with E-state index in [-0.39, 0.29) is 0 Å². The fourth-order valence-electron chi connectivity index (χ4n) is 3.41. The van der Waals surface area contributed by atoms with Crippen molar-refractivity contribution in [2.24, 2.45) is 0 Å². The Morgan fingerprint density at radius 3 is 2.30 bits per heavy atom. The number of nitrogens with zero attached hydrogens (tertiary/aromatic N) is 2. The number of carbonyl (C=O) groups is 1. The molecule has 142 valence electrons. The molecule has 0 radical (unpaired) electrons. The molecule has 4 rings (SSSR count). The first-order valence-corrected chi connectivity index (χ1v) is 8.96. The molecular formula is C20H20F2N2O3. The molecule has 2 aliphatic heterocycles. The van der Waals surface area contributed by atoms with E-state index < -0.39 is 23.1 Å². The van der Waals surface area contributed by atoms with Crippen LogP contribution in [0.1, 0.15) is 15.9 Å². The molecule has 5 nitrogen and oxygen atoms in total. The van der Waals surface area contributed by atoms with Gasteiger partial charge in [-0.15, -0.1) is 0 Å². The maximum atomic E-state index is 13.8. The van der Waals surface area contributed by atoms with E-state index in [1.165, 1.54) is 11.0 Å². The molecule has 1 amide bonds. The molecule has 0 aromatic heterocycles. The molecule has 2 heterocycles. The van der Waals surface area contributed by atoms with Gasteiger partial charge < -0.3 is 14.4 Å². The van der Waals surface area contributed by atoms with Gasteiger partial charge in [-0.3, -0.25) is 9.69 Å². The van der Waals surface area contributed by atoms with Gasteiger partial charge in [0.25, 0.3) is 5.91 Å². The Labute approximate surface area is 156 Å². The standard InChI is InChI=1S/C20H20F2N2O3/c21-15-2-1-3-16(22)19(15)20(25)24-8-6-23(7-9-24)13-14-4-5-17-18(12-14)27-11-10-26-17/h1-5,12H,6-11,13H2. The summed E-state index contributed by atoms with van der Waals surface area (Å²) in [5.41, 5.74) is 0.622. The Bertz CT molecular complexity index is 831. The zero-order valence-corrected chi connectivity index (χ0v) is 14.8. The summed E-state index contributed by atoms with van der Waals surface area (Å²) < 4.78 is 38.8. The fourth-order valence-corrected chi connectivity index (χ4v) is 3.41. The molecule has 2 aromatic rings. The van der Waals surface area contributed by atoms with E-state index >= 15 is 0 Å². The third kappa shape index (κ3) is 3.73. The third-order valence-electron chi connectivity index (χ3n) is 4.85. The van der Waals surface area contributed by atoms with E-state index in [0.29, 0.717) is 45.9 Å². The number of piperazine rings is 1. The first-order valence-electron chi connectivity index (χ1n) is 8.96. The van der Waals surface area contributed by atoms with Gasteiger partial charge in [-0.05, 0) is 29.8 Å². The van der Waals surface area contributed by atoms with Crippen molar-refractivity contribution >= 4 is 5.91 Å². The highest BCUT2D eigenvalue weighted by atomic mass is 19.1. The van der Waals surface area contributed by atoms with Crippen LogP contribution >= 0.6 is 0 Å². The van der Waals surface area contributed by atoms with Crippen molar-refractivity contribution < 1.29 is 23.0 Å². The van der Waals surface area contributed by atoms with E-state index in [9.17, 15) is 13.6 Å². The second-order valence-electron chi connectivity index (χ2n) is 6.64. The summed E-state index contributed by atoms with van der Waals surface area (Å²) in [5.74, 6) is -0.725. The molecule has 2 aliphatic rings. The van der Waals surface area contributed by atoms with Crippen molar-refractivity contribution in [3.63, 3.8) is 0 Å². The summed E-state index contributed by atoms with van der Waals surface area (Å²) in [7, 11) is 0. The minimum atomic E-state index is -0.821. The number of ether oxygens (including phenoxy) is 2. The molecule has 2 aromatic carbocycles. The van der Waals surface area contributed by atoms with E-state index in [0.717, 1.165) is 29.2 Å². The lowest BCUT2D eigenvalue weighted by Crippen LogP contribution is -2.48. The highest BCUT2D eigenvalue weighted by molar-refractivity contribution is 5.94. The van der Waals surface area contributed by atoms with Crippen molar-refractivity contribution in [3.05, 3.63) is 59.2 Å². The summed E-state index contributed by atoms with van der Waals surface area (Å²) in [6.07, 6.45) is 0. The van der Waals surface area contributed by atoms with E-state index in [1.807, 2.05) is 18.2 Å². The SMILES string of the molecule is O=C(c1c(F)cccc1F)N1CCN(Cc2ccc3c(c2)OCCO3)CC1. The van der Waals surface area contributed by atoms with Gasteiger partial charge in [0.2, 0.25) is 0 Å². The Morgan fingerprint density at radius 2 is 1.59 bits per heavy atom. The first-order chi connectivity index (χ1) is 13.1. The Kier molecular flexibility index (Phi) is 4.94. The molecule has 1 fully saturated rings. The van der Waals surface area contributed by atoms with Gasteiger partial charge >= 0.3 is 0 Å². The molecule has 0 N–H and O–H groups in total. The van der Waals surface area contributed by atoms with Crippen LogP contribution in [0.15, 0.2) is 36.4 Å². The van der Waals surface area contributed by atoms with Crippen LogP contribution in [-0.4, -0.2) is 55.1 Å². The molecule has 0 unspecified atom stereocenters. The maximum absolute atomic E-state index is 13.8. The molecule has 1 saturated heterocycles. The van der Waals surface area contributed by atoms with Crippen LogP contribution in [0.5, 0.6) is 11.5 Å². The summed E-state index contributed by atoms with van der Waals surface area (Å²) >= 11 is 0. The van der Waals surface area contributed by atoms with E-state index in [4.69, 9.17) is 9.47 Å². The van der Waals surface area contributed by atoms with E-state index in [2.05, 4.69) is 4.90 Å². The van der Waals surface area contributed by atoms with Gasteiger partial charge in [-0.2, -0.15) is 0 Å². The predicted molar refractivity (Wildman–Crippen MR) is 95.0 cm³/mol. The number of carbonyl (C=O) groups excluding carboxylic acids is 1. The van der Waals surface area contributed by atoms with Crippen LogP contribution in [0.3, 0.4) is 0 Å². The average Bonchev–Trinajstić information content (AvgIpc) is 2.68. The van der Waals surface area contributed by atoms with Crippen LogP contribution in [0.4, 0.5) is 8.78 Å². The number of halogens is 2. The van der Waals surface area contributed by atoms with Crippen LogP contribution in [0, 0.1) is 11.6 Å². The van der Waals surface area contributed by atoms with E-state index in [1.54, 1.807) is 0 Å². The quantitative estimate of drug-likeness (QED) is 0.829. The monoisotopic (exact) mass is 374 g/mol. The fraction of sp³-hybridized carbons (Fsp3) is 0.350. The third-order valence-corrected chi connectivity index (χ3v) is 4.85. The van der Waals surface area contributed by atoms with Gasteiger partial charge in [0.1, 0.15) is 30.4 Å². The molecule has 0 atom stereocenters. The van der Waals surface area contributed by atoms with Gasteiger partial charge in [0, 0.05) is 32.7 Å². The Morgan fingerprint density at radius 1 is 0.926 bits per heavy atom. The number of benzene rings is 2. The largest absolute Gasteiger partial charge is 0.486 e. The molecule has 27 heavy (non-hydrogen) atoms. The van der Waals surface area contributed by atoms with Crippen LogP contribution in [0.25, 0.3) is 0 Å². The van der Waals surface area contributed by atoms with Crippen LogP contribution in [-0.2, 0) is 6.54 Å². The minimum Gasteiger partial charge on any atom is -0.486 e. The number of hydrogen-bond acceptors (Lipinski definition) is 4. The Hall–Kier alpha value is -2.67. The normalized spacial score (nSPS) is 17.0. The second-order valence-corrected chi connectivity index (χ2v) is 6.64. The number of rotatable bonds is 3. The van der Waals surface area contributed by atoms with Crippen molar-refractivity contribution in [2.45, 2.75) is 6.54 Å². The van der Waals surface area contributed by atoms with Crippen molar-refractivity contribution in [2.75, 3.05) is 39.4 Å². The number of hydrogen-bond donors (Lipinski definition) is 0. The zero-order chi connectivity index (χ0) is 18.8. The summed E-state index contributed by atoms with van der Waals surface area (Å²) in [6, 6.07) is 9.35. The number of amides is 1. The van der Waals surface area contributed by atoms with Crippen molar-refractivity contribution in [1.29, 1.82) is 0 Å². The topological polar surface area (TPSA) is 42.0 Å². The second kappa shape index (κ2) is 7.52. The van der Waals surface area contributed by atoms with Gasteiger partial charge in [-0.1, -0.05) is 12.1 Å². The average molecular weight is 374 g/mol. The molecule has 0 bridgehead atoms. The van der Waals surface area contributed by atoms with Crippen molar-refractivity contribution in [1.82, 2.24) is 9.80 Å². The molecule has 7 heteroatoms. The lowest BCUT2D eigenvalue weighted by Gasteiger charge is -2.35. The van der Waals surface area contributed by atoms with Gasteiger partial charge in [-0.25, -0.2) is 8.78 Å². The minimum absolute atomic E-state index is 0.428. The van der Waals surface area contributed by atoms with Crippen LogP contribution < -0.4 is 9.47 Å². The predicted octanol–water partition coefficient (Wildman–Crippen LogP) is 2.69. The lowest BCUT2D eigenvalue weighted by atomic mass is 10.1. The molecule has 0 saturated carbocycles. The summed E-state index contributed by atoms with van der Waals surface area (Å²) in [4.78, 5) is 16.2. The molecular weight excluding hydrogens is 354 g/mol. The number of fused-ring (bicyclic) bond motifs is 1. The summed E-state index contributed by atoms with van der Waals surface area (Å²) in [5, 5.41) is 0. The Balaban J connectivity index is 1.37.